The molecule has 3 aromatic rings. The molecule has 2 heterocycles. The van der Waals surface area contributed by atoms with Crippen LogP contribution in [0.25, 0.3) is 10.2 Å². The molecule has 1 aliphatic carbocycles. The van der Waals surface area contributed by atoms with Crippen LogP contribution in [0.1, 0.15) is 34.2 Å². The molecule has 21 heavy (non-hydrogen) atoms. The van der Waals surface area contributed by atoms with Gasteiger partial charge in [0.1, 0.15) is 0 Å². The van der Waals surface area contributed by atoms with Gasteiger partial charge in [0.15, 0.2) is 0 Å². The van der Waals surface area contributed by atoms with Crippen LogP contribution in [0.2, 0.25) is 0 Å². The number of nitrogens with two attached hydrogens (primary N) is 1. The zero-order valence-electron chi connectivity index (χ0n) is 11.8. The summed E-state index contributed by atoms with van der Waals surface area (Å²) in [4.78, 5) is 6.28. The van der Waals surface area contributed by atoms with Crippen LogP contribution in [0, 0.1) is 0 Å². The van der Waals surface area contributed by atoms with Crippen LogP contribution in [-0.2, 0) is 12.8 Å². The van der Waals surface area contributed by atoms with E-state index in [1.165, 1.54) is 34.5 Å². The van der Waals surface area contributed by atoms with Crippen LogP contribution in [0.4, 0.5) is 0 Å². The minimum Gasteiger partial charge on any atom is -0.327 e. The van der Waals surface area contributed by atoms with Crippen molar-refractivity contribution in [1.29, 1.82) is 0 Å². The monoisotopic (exact) mass is 314 g/mol. The Morgan fingerprint density at radius 3 is 3.10 bits per heavy atom. The zero-order chi connectivity index (χ0) is 14.2. The average molecular weight is 314 g/mol. The third kappa shape index (κ3) is 2.52. The minimum atomic E-state index is 0.180. The van der Waals surface area contributed by atoms with Gasteiger partial charge in [0, 0.05) is 23.3 Å². The van der Waals surface area contributed by atoms with Gasteiger partial charge >= 0.3 is 0 Å². The maximum atomic E-state index is 6.55. The van der Waals surface area contributed by atoms with Crippen molar-refractivity contribution in [3.63, 3.8) is 0 Å². The molecule has 1 aromatic carbocycles. The highest BCUT2D eigenvalue weighted by atomic mass is 32.1. The summed E-state index contributed by atoms with van der Waals surface area (Å²) in [6.45, 7) is 0. The van der Waals surface area contributed by atoms with Crippen molar-refractivity contribution in [3.8, 4) is 0 Å². The lowest BCUT2D eigenvalue weighted by Gasteiger charge is -2.27. The van der Waals surface area contributed by atoms with Crippen molar-refractivity contribution in [2.45, 2.75) is 37.6 Å². The number of aromatic nitrogens is 1. The molecule has 2 aromatic heterocycles. The number of hydrogen-bond acceptors (Lipinski definition) is 4. The highest BCUT2D eigenvalue weighted by molar-refractivity contribution is 7.18. The second kappa shape index (κ2) is 5.52. The van der Waals surface area contributed by atoms with Crippen molar-refractivity contribution in [2.75, 3.05) is 0 Å². The minimum absolute atomic E-state index is 0.180. The number of rotatable bonds is 3. The van der Waals surface area contributed by atoms with Crippen LogP contribution < -0.4 is 5.73 Å². The fourth-order valence-corrected chi connectivity index (χ4v) is 5.35. The van der Waals surface area contributed by atoms with E-state index < -0.39 is 0 Å². The average Bonchev–Trinajstić information content (AvgIpc) is 3.12. The lowest BCUT2D eigenvalue weighted by Crippen LogP contribution is -2.32. The number of thiophene rings is 1. The van der Waals surface area contributed by atoms with E-state index in [0.717, 1.165) is 11.9 Å². The van der Waals surface area contributed by atoms with Crippen molar-refractivity contribution in [2.24, 2.45) is 5.73 Å². The first-order chi connectivity index (χ1) is 10.3. The largest absolute Gasteiger partial charge is 0.327 e. The SMILES string of the molecule is NC(Cc1nc2ccccc2s1)C1CCCc2sccc21. The Morgan fingerprint density at radius 1 is 1.29 bits per heavy atom. The molecule has 0 bridgehead atoms. The molecular weight excluding hydrogens is 296 g/mol. The van der Waals surface area contributed by atoms with Crippen LogP contribution in [0.5, 0.6) is 0 Å². The lowest BCUT2D eigenvalue weighted by molar-refractivity contribution is 0.463. The van der Waals surface area contributed by atoms with Gasteiger partial charge in [-0.25, -0.2) is 4.98 Å². The Hall–Kier alpha value is -1.23. The van der Waals surface area contributed by atoms with Gasteiger partial charge in [0.05, 0.1) is 15.2 Å². The molecule has 0 saturated carbocycles. The first kappa shape index (κ1) is 13.4. The van der Waals surface area contributed by atoms with Crippen LogP contribution >= 0.6 is 22.7 Å². The summed E-state index contributed by atoms with van der Waals surface area (Å²) in [5.74, 6) is 0.506. The highest BCUT2D eigenvalue weighted by Gasteiger charge is 2.27. The molecule has 108 valence electrons. The summed E-state index contributed by atoms with van der Waals surface area (Å²) < 4.78 is 1.26. The lowest BCUT2D eigenvalue weighted by atomic mass is 9.82. The number of benzene rings is 1. The van der Waals surface area contributed by atoms with Gasteiger partial charge in [-0.1, -0.05) is 12.1 Å². The fourth-order valence-electron chi connectivity index (χ4n) is 3.32. The summed E-state index contributed by atoms with van der Waals surface area (Å²) in [5, 5.41) is 3.39. The van der Waals surface area contributed by atoms with Gasteiger partial charge in [0.2, 0.25) is 0 Å². The van der Waals surface area contributed by atoms with Crippen molar-refractivity contribution < 1.29 is 0 Å². The predicted molar refractivity (Wildman–Crippen MR) is 91.3 cm³/mol. The molecule has 0 amide bonds. The Morgan fingerprint density at radius 2 is 2.19 bits per heavy atom. The van der Waals surface area contributed by atoms with E-state index in [1.54, 1.807) is 16.2 Å². The smallest absolute Gasteiger partial charge is 0.0954 e. The van der Waals surface area contributed by atoms with Crippen molar-refractivity contribution in [1.82, 2.24) is 4.98 Å². The third-order valence-electron chi connectivity index (χ3n) is 4.36. The maximum absolute atomic E-state index is 6.55. The molecule has 0 spiro atoms. The predicted octanol–water partition coefficient (Wildman–Crippen LogP) is 4.35. The van der Waals surface area contributed by atoms with Crippen LogP contribution in [0.3, 0.4) is 0 Å². The molecule has 2 nitrogen and oxygen atoms in total. The Bertz CT molecular complexity index is 726. The van der Waals surface area contributed by atoms with Crippen molar-refractivity contribution in [3.05, 3.63) is 51.2 Å². The summed E-state index contributed by atoms with van der Waals surface area (Å²) in [5.41, 5.74) is 9.15. The van der Waals surface area contributed by atoms with E-state index in [1.807, 2.05) is 17.4 Å². The second-order valence-electron chi connectivity index (χ2n) is 5.74. The normalized spacial score (nSPS) is 19.6. The molecule has 0 radical (unpaired) electrons. The maximum Gasteiger partial charge on any atom is 0.0954 e. The van der Waals surface area contributed by atoms with Crippen LogP contribution in [-0.4, -0.2) is 11.0 Å². The Balaban J connectivity index is 1.57. The Kier molecular flexibility index (Phi) is 3.53. The number of para-hydroxylation sites is 1. The molecule has 0 saturated heterocycles. The molecule has 2 atom stereocenters. The van der Waals surface area contributed by atoms with E-state index in [4.69, 9.17) is 10.7 Å². The van der Waals surface area contributed by atoms with Gasteiger partial charge in [-0.3, -0.25) is 0 Å². The topological polar surface area (TPSA) is 38.9 Å². The first-order valence-corrected chi connectivity index (χ1v) is 9.17. The van der Waals surface area contributed by atoms with Crippen LogP contribution in [0.15, 0.2) is 35.7 Å². The van der Waals surface area contributed by atoms with E-state index in [0.29, 0.717) is 5.92 Å². The molecule has 4 heteroatoms. The van der Waals surface area contributed by atoms with Crippen molar-refractivity contribution >= 4 is 32.9 Å². The summed E-state index contributed by atoms with van der Waals surface area (Å²) >= 11 is 3.67. The fraction of sp³-hybridized carbons (Fsp3) is 0.353. The number of aryl methyl sites for hydroxylation is 1. The molecule has 0 fully saturated rings. The quantitative estimate of drug-likeness (QED) is 0.780. The molecule has 2 unspecified atom stereocenters. The highest BCUT2D eigenvalue weighted by Crippen LogP contribution is 2.37. The van der Waals surface area contributed by atoms with Gasteiger partial charge < -0.3 is 5.73 Å². The summed E-state index contributed by atoms with van der Waals surface area (Å²) in [6, 6.07) is 10.8. The van der Waals surface area contributed by atoms with Gasteiger partial charge in [-0.15, -0.1) is 22.7 Å². The standard InChI is InChI=1S/C17H18N2S2/c18-13(11-4-3-7-15-12(11)8-9-20-15)10-17-19-14-5-1-2-6-16(14)21-17/h1-2,5-6,8-9,11,13H,3-4,7,10,18H2. The number of hydrogen-bond donors (Lipinski definition) is 1. The Labute approximate surface area is 132 Å². The van der Waals surface area contributed by atoms with Gasteiger partial charge in [-0.2, -0.15) is 0 Å². The van der Waals surface area contributed by atoms with Gasteiger partial charge in [-0.05, 0) is 48.4 Å². The number of fused-ring (bicyclic) bond motifs is 2. The summed E-state index contributed by atoms with van der Waals surface area (Å²) in [7, 11) is 0. The third-order valence-corrected chi connectivity index (χ3v) is 6.42. The molecule has 2 N–H and O–H groups in total. The number of nitrogens with zero attached hydrogens (tertiary/aromatic N) is 1. The van der Waals surface area contributed by atoms with E-state index >= 15 is 0 Å². The van der Waals surface area contributed by atoms with E-state index in [2.05, 4.69) is 29.6 Å². The van der Waals surface area contributed by atoms with Gasteiger partial charge in [0.25, 0.3) is 0 Å². The molecule has 4 rings (SSSR count). The van der Waals surface area contributed by atoms with E-state index in [9.17, 15) is 0 Å². The molecule has 1 aliphatic rings. The van der Waals surface area contributed by atoms with E-state index in [-0.39, 0.29) is 6.04 Å². The first-order valence-electron chi connectivity index (χ1n) is 7.47. The summed E-state index contributed by atoms with van der Waals surface area (Å²) in [6.07, 6.45) is 4.61. The molecule has 0 aliphatic heterocycles. The molecular formula is C17H18N2S2. The second-order valence-corrected chi connectivity index (χ2v) is 7.86. The number of thiazole rings is 1. The zero-order valence-corrected chi connectivity index (χ0v) is 13.4.